The van der Waals surface area contributed by atoms with E-state index >= 15 is 0 Å². The molecule has 33 heavy (non-hydrogen) atoms. The summed E-state index contributed by atoms with van der Waals surface area (Å²) < 4.78 is 33.4. The van der Waals surface area contributed by atoms with E-state index in [4.69, 9.17) is 4.74 Å². The minimum Gasteiger partial charge on any atom is -0.351 e. The summed E-state index contributed by atoms with van der Waals surface area (Å²) in [6, 6.07) is 23.3. The van der Waals surface area contributed by atoms with Crippen molar-refractivity contribution in [1.82, 2.24) is 9.80 Å². The summed E-state index contributed by atoms with van der Waals surface area (Å²) >= 11 is 0. The summed E-state index contributed by atoms with van der Waals surface area (Å²) in [5.41, 5.74) is 3.11. The summed E-state index contributed by atoms with van der Waals surface area (Å²) in [6.07, 6.45) is 1.77. The predicted molar refractivity (Wildman–Crippen MR) is 128 cm³/mol. The molecule has 5 heteroatoms. The molecule has 3 aromatic carbocycles. The largest absolute Gasteiger partial charge is 0.351 e. The Bertz CT molecular complexity index is 926. The third kappa shape index (κ3) is 6.70. The van der Waals surface area contributed by atoms with Crippen LogP contribution >= 0.6 is 0 Å². The molecule has 1 aliphatic rings. The summed E-state index contributed by atoms with van der Waals surface area (Å²) in [5.74, 6) is -0.568. The molecule has 4 rings (SSSR count). The van der Waals surface area contributed by atoms with Crippen LogP contribution in [0.3, 0.4) is 0 Å². The van der Waals surface area contributed by atoms with Crippen LogP contribution in [0.25, 0.3) is 0 Å². The van der Waals surface area contributed by atoms with Gasteiger partial charge in [-0.15, -0.1) is 0 Å². The molecule has 3 nitrogen and oxygen atoms in total. The van der Waals surface area contributed by atoms with Gasteiger partial charge < -0.3 is 9.64 Å². The van der Waals surface area contributed by atoms with Gasteiger partial charge in [0.1, 0.15) is 24.0 Å². The lowest BCUT2D eigenvalue weighted by molar-refractivity contribution is -0.0906. The monoisotopic (exact) mass is 450 g/mol. The van der Waals surface area contributed by atoms with Gasteiger partial charge in [0.05, 0.1) is 0 Å². The standard InChI is InChI=1S/C28H32F2N2O/c1-22(32-20-18-31(19-21-32)17-5-8-23-6-3-2-4-7-23)33-28(24-9-13-26(29)14-10-24)25-11-15-27(30)16-12-25/h2-4,6-7,9-16,22,28H,5,8,17-21H2,1H3. The molecular weight excluding hydrogens is 418 g/mol. The average Bonchev–Trinajstić information content (AvgIpc) is 2.85. The SMILES string of the molecule is CC(OC(c1ccc(F)cc1)c1ccc(F)cc1)N1CCN(CCCc2ccccc2)CC1. The highest BCUT2D eigenvalue weighted by atomic mass is 19.1. The molecular formula is C28H32F2N2O. The quantitative estimate of drug-likeness (QED) is 0.418. The molecule has 0 aliphatic carbocycles. The van der Waals surface area contributed by atoms with Gasteiger partial charge in [-0.25, -0.2) is 8.78 Å². The number of hydrogen-bond donors (Lipinski definition) is 0. The van der Waals surface area contributed by atoms with Gasteiger partial charge in [-0.1, -0.05) is 54.6 Å². The lowest BCUT2D eigenvalue weighted by Crippen LogP contribution is -2.50. The topological polar surface area (TPSA) is 15.7 Å². The molecule has 3 aromatic rings. The van der Waals surface area contributed by atoms with Gasteiger partial charge >= 0.3 is 0 Å². The number of piperazine rings is 1. The van der Waals surface area contributed by atoms with Crippen LogP contribution in [0.2, 0.25) is 0 Å². The third-order valence-corrected chi connectivity index (χ3v) is 6.38. The first kappa shape index (κ1) is 23.6. The number of hydrogen-bond acceptors (Lipinski definition) is 3. The molecule has 0 bridgehead atoms. The van der Waals surface area contributed by atoms with Crippen molar-refractivity contribution in [1.29, 1.82) is 0 Å². The van der Waals surface area contributed by atoms with E-state index in [1.807, 2.05) is 0 Å². The fourth-order valence-electron chi connectivity index (χ4n) is 4.41. The van der Waals surface area contributed by atoms with Crippen molar-refractivity contribution in [3.63, 3.8) is 0 Å². The normalized spacial score (nSPS) is 16.2. The molecule has 1 heterocycles. The summed E-state index contributed by atoms with van der Waals surface area (Å²) in [5, 5.41) is 0. The highest BCUT2D eigenvalue weighted by Crippen LogP contribution is 2.29. The maximum Gasteiger partial charge on any atom is 0.123 e. The number of nitrogens with zero attached hydrogens (tertiary/aromatic N) is 2. The van der Waals surface area contributed by atoms with E-state index in [0.29, 0.717) is 0 Å². The van der Waals surface area contributed by atoms with E-state index in [1.165, 1.54) is 29.8 Å². The average molecular weight is 451 g/mol. The maximum absolute atomic E-state index is 13.5. The number of aryl methyl sites for hydroxylation is 1. The minimum atomic E-state index is -0.384. The van der Waals surface area contributed by atoms with Crippen LogP contribution in [-0.4, -0.2) is 48.8 Å². The highest BCUT2D eigenvalue weighted by molar-refractivity contribution is 5.30. The van der Waals surface area contributed by atoms with Gasteiger partial charge in [-0.2, -0.15) is 0 Å². The number of ether oxygens (including phenoxy) is 1. The van der Waals surface area contributed by atoms with Crippen LogP contribution in [0.5, 0.6) is 0 Å². The Balaban J connectivity index is 1.32. The first-order valence-corrected chi connectivity index (χ1v) is 11.8. The van der Waals surface area contributed by atoms with Crippen molar-refractivity contribution in [3.8, 4) is 0 Å². The number of benzene rings is 3. The van der Waals surface area contributed by atoms with Gasteiger partial charge in [-0.3, -0.25) is 4.90 Å². The maximum atomic E-state index is 13.5. The van der Waals surface area contributed by atoms with E-state index in [2.05, 4.69) is 47.1 Å². The Kier molecular flexibility index (Phi) is 8.21. The second kappa shape index (κ2) is 11.5. The minimum absolute atomic E-state index is 0.114. The van der Waals surface area contributed by atoms with Crippen molar-refractivity contribution in [2.45, 2.75) is 32.1 Å². The Morgan fingerprint density at radius 1 is 0.758 bits per heavy atom. The van der Waals surface area contributed by atoms with Crippen LogP contribution in [0.1, 0.15) is 36.1 Å². The Morgan fingerprint density at radius 3 is 1.85 bits per heavy atom. The van der Waals surface area contributed by atoms with E-state index in [0.717, 1.165) is 56.7 Å². The molecule has 174 valence electrons. The van der Waals surface area contributed by atoms with Gasteiger partial charge in [0, 0.05) is 26.2 Å². The van der Waals surface area contributed by atoms with Crippen molar-refractivity contribution in [2.75, 3.05) is 32.7 Å². The van der Waals surface area contributed by atoms with Crippen molar-refractivity contribution in [2.24, 2.45) is 0 Å². The van der Waals surface area contributed by atoms with E-state index in [9.17, 15) is 8.78 Å². The second-order valence-corrected chi connectivity index (χ2v) is 8.69. The molecule has 0 aromatic heterocycles. The third-order valence-electron chi connectivity index (χ3n) is 6.38. The summed E-state index contributed by atoms with van der Waals surface area (Å²) in [7, 11) is 0. The molecule has 0 N–H and O–H groups in total. The Morgan fingerprint density at radius 2 is 1.30 bits per heavy atom. The van der Waals surface area contributed by atoms with E-state index in [1.54, 1.807) is 24.3 Å². The first-order chi connectivity index (χ1) is 16.1. The fourth-order valence-corrected chi connectivity index (χ4v) is 4.41. The van der Waals surface area contributed by atoms with Gasteiger partial charge in [0.2, 0.25) is 0 Å². The first-order valence-electron chi connectivity index (χ1n) is 11.8. The van der Waals surface area contributed by atoms with Crippen LogP contribution in [0.15, 0.2) is 78.9 Å². The molecule has 1 unspecified atom stereocenters. The smallest absolute Gasteiger partial charge is 0.123 e. The lowest BCUT2D eigenvalue weighted by Gasteiger charge is -2.39. The van der Waals surface area contributed by atoms with Crippen LogP contribution < -0.4 is 0 Å². The molecule has 1 atom stereocenters. The van der Waals surface area contributed by atoms with Crippen molar-refractivity contribution in [3.05, 3.63) is 107 Å². The zero-order chi connectivity index (χ0) is 23.0. The van der Waals surface area contributed by atoms with Crippen LogP contribution in [-0.2, 0) is 11.2 Å². The Labute approximate surface area is 195 Å². The van der Waals surface area contributed by atoms with Crippen LogP contribution in [0, 0.1) is 11.6 Å². The van der Waals surface area contributed by atoms with Crippen LogP contribution in [0.4, 0.5) is 8.78 Å². The van der Waals surface area contributed by atoms with E-state index < -0.39 is 0 Å². The van der Waals surface area contributed by atoms with Crippen molar-refractivity contribution < 1.29 is 13.5 Å². The van der Waals surface area contributed by atoms with Crippen molar-refractivity contribution >= 4 is 0 Å². The number of halogens is 2. The van der Waals surface area contributed by atoms with Gasteiger partial charge in [-0.05, 0) is 67.3 Å². The molecule has 0 spiro atoms. The molecule has 1 aliphatic heterocycles. The highest BCUT2D eigenvalue weighted by Gasteiger charge is 2.25. The molecule has 0 amide bonds. The molecule has 0 radical (unpaired) electrons. The predicted octanol–water partition coefficient (Wildman–Crippen LogP) is 5.67. The number of rotatable bonds is 9. The molecule has 1 fully saturated rings. The Hall–Kier alpha value is -2.60. The molecule has 0 saturated carbocycles. The summed E-state index contributed by atoms with van der Waals surface area (Å²) in [6.45, 7) is 7.06. The van der Waals surface area contributed by atoms with Gasteiger partial charge in [0.15, 0.2) is 0 Å². The lowest BCUT2D eigenvalue weighted by atomic mass is 10.0. The van der Waals surface area contributed by atoms with E-state index in [-0.39, 0.29) is 24.0 Å². The zero-order valence-corrected chi connectivity index (χ0v) is 19.2. The van der Waals surface area contributed by atoms with Gasteiger partial charge in [0.25, 0.3) is 0 Å². The fraction of sp³-hybridized carbons (Fsp3) is 0.357. The second-order valence-electron chi connectivity index (χ2n) is 8.69. The zero-order valence-electron chi connectivity index (χ0n) is 19.2. The molecule has 1 saturated heterocycles. The summed E-state index contributed by atoms with van der Waals surface area (Å²) in [4.78, 5) is 4.86.